The van der Waals surface area contributed by atoms with E-state index < -0.39 is 18.3 Å². The van der Waals surface area contributed by atoms with Gasteiger partial charge in [0.25, 0.3) is 10.0 Å². The summed E-state index contributed by atoms with van der Waals surface area (Å²) in [5.74, 6) is 1.82. The zero-order valence-electron chi connectivity index (χ0n) is 26.2. The number of nitrogens with zero attached hydrogens (tertiary/aromatic N) is 6. The normalized spacial score (nSPS) is 15.3. The molecule has 0 unspecified atom stereocenters. The molecule has 0 bridgehead atoms. The van der Waals surface area contributed by atoms with E-state index in [0.29, 0.717) is 29.5 Å². The van der Waals surface area contributed by atoms with Crippen LogP contribution in [0.15, 0.2) is 47.6 Å². The minimum atomic E-state index is -3.89. The maximum absolute atomic E-state index is 13.6. The molecule has 2 N–H and O–H groups in total. The van der Waals surface area contributed by atoms with Crippen LogP contribution in [0.5, 0.6) is 0 Å². The van der Waals surface area contributed by atoms with Gasteiger partial charge in [-0.1, -0.05) is 51.1 Å². The largest absolute Gasteiger partial charge is 0.415 e. The maximum Gasteiger partial charge on any atom is 0.269 e. The molecule has 0 aliphatic heterocycles. The van der Waals surface area contributed by atoms with Gasteiger partial charge in [-0.25, -0.2) is 17.1 Å². The van der Waals surface area contributed by atoms with Crippen LogP contribution in [0.3, 0.4) is 0 Å². The Morgan fingerprint density at radius 3 is 2.36 bits per heavy atom. The number of benzene rings is 1. The van der Waals surface area contributed by atoms with Gasteiger partial charge in [-0.2, -0.15) is 23.5 Å². The first kappa shape index (κ1) is 35.5. The van der Waals surface area contributed by atoms with Gasteiger partial charge < -0.3 is 15.1 Å². The summed E-state index contributed by atoms with van der Waals surface area (Å²) in [7, 11) is -5.79. The van der Waals surface area contributed by atoms with Gasteiger partial charge in [0, 0.05) is 12.2 Å². The lowest BCUT2D eigenvalue weighted by molar-refractivity contribution is 0.228. The molecule has 1 aromatic carbocycles. The standard InChI is InChI=1S/C29H42N8O3SSi.CH4.H2S/c1-19-9-13-23(14-10-19)41(38,39)37-16-15-24-26(30-21(3)22-11-12-22)32-28(33-27(24)37)31-25-17-36(35-34-25)20(2)18-40-42(7,8)29(4,5)6;;/h9-10,13-17,20-22H,11-12,18H2,1-8H3,(H2,30,31,32,33);1H4;1H2/t20-,21+;;/m1../s1. The first-order valence-electron chi connectivity index (χ1n) is 14.5. The summed E-state index contributed by atoms with van der Waals surface area (Å²) < 4.78 is 36.6. The molecule has 1 saturated carbocycles. The first-order valence-corrected chi connectivity index (χ1v) is 18.8. The molecule has 0 amide bonds. The summed E-state index contributed by atoms with van der Waals surface area (Å²) in [4.78, 5) is 9.57. The van der Waals surface area contributed by atoms with E-state index in [4.69, 9.17) is 9.41 Å². The van der Waals surface area contributed by atoms with E-state index in [0.717, 1.165) is 18.4 Å². The second kappa shape index (κ2) is 13.2. The van der Waals surface area contributed by atoms with E-state index in [-0.39, 0.29) is 54.5 Å². The quantitative estimate of drug-likeness (QED) is 0.166. The molecule has 3 heterocycles. The fourth-order valence-electron chi connectivity index (χ4n) is 4.39. The highest BCUT2D eigenvalue weighted by Crippen LogP contribution is 2.37. The van der Waals surface area contributed by atoms with Gasteiger partial charge in [0.05, 0.1) is 29.1 Å². The van der Waals surface area contributed by atoms with Crippen molar-refractivity contribution in [3.8, 4) is 0 Å². The number of nitrogens with one attached hydrogen (secondary N) is 2. The Kier molecular flexibility index (Phi) is 10.7. The maximum atomic E-state index is 13.6. The van der Waals surface area contributed by atoms with Crippen LogP contribution >= 0.6 is 13.5 Å². The van der Waals surface area contributed by atoms with Crippen LogP contribution < -0.4 is 10.6 Å². The molecule has 0 spiro atoms. The molecule has 242 valence electrons. The third-order valence-electron chi connectivity index (χ3n) is 8.48. The van der Waals surface area contributed by atoms with Crippen LogP contribution in [-0.4, -0.2) is 58.3 Å². The predicted octanol–water partition coefficient (Wildman–Crippen LogP) is 6.85. The van der Waals surface area contributed by atoms with Crippen molar-refractivity contribution < 1.29 is 12.8 Å². The zero-order chi connectivity index (χ0) is 30.4. The Morgan fingerprint density at radius 2 is 1.75 bits per heavy atom. The van der Waals surface area contributed by atoms with Crippen molar-refractivity contribution in [3.05, 3.63) is 48.3 Å². The average molecular weight is 661 g/mol. The SMILES string of the molecule is C.Cc1ccc(S(=O)(=O)n2ccc3c(N[C@@H](C)C4CC4)nc(Nc4cn([C@H](C)CO[Si](C)(C)C(C)(C)C)nn4)nc32)cc1.S. The van der Waals surface area contributed by atoms with Crippen molar-refractivity contribution in [2.24, 2.45) is 5.92 Å². The number of hydrogen-bond acceptors (Lipinski definition) is 9. The van der Waals surface area contributed by atoms with Crippen LogP contribution in [0.1, 0.15) is 66.5 Å². The summed E-state index contributed by atoms with van der Waals surface area (Å²) in [6, 6.07) is 8.69. The average Bonchev–Trinajstić information content (AvgIpc) is 3.51. The minimum absolute atomic E-state index is 0. The van der Waals surface area contributed by atoms with E-state index in [1.165, 1.54) is 10.2 Å². The number of fused-ring (bicyclic) bond motifs is 1. The predicted molar refractivity (Wildman–Crippen MR) is 185 cm³/mol. The molecule has 1 fully saturated rings. The third kappa shape index (κ3) is 7.46. The van der Waals surface area contributed by atoms with E-state index in [2.05, 4.69) is 66.7 Å². The monoisotopic (exact) mass is 660 g/mol. The smallest absolute Gasteiger partial charge is 0.269 e. The lowest BCUT2D eigenvalue weighted by Gasteiger charge is -2.36. The van der Waals surface area contributed by atoms with E-state index in [9.17, 15) is 8.42 Å². The molecule has 0 saturated heterocycles. The lowest BCUT2D eigenvalue weighted by Crippen LogP contribution is -2.42. The Labute approximate surface area is 269 Å². The molecule has 14 heteroatoms. The van der Waals surface area contributed by atoms with E-state index >= 15 is 0 Å². The molecule has 44 heavy (non-hydrogen) atoms. The van der Waals surface area contributed by atoms with Gasteiger partial charge in [-0.3, -0.25) is 0 Å². The topological polar surface area (TPSA) is 129 Å². The van der Waals surface area contributed by atoms with Crippen LogP contribution in [-0.2, 0) is 14.4 Å². The molecule has 3 aromatic heterocycles. The van der Waals surface area contributed by atoms with Gasteiger partial charge in [0.15, 0.2) is 19.8 Å². The van der Waals surface area contributed by atoms with Crippen LogP contribution in [0.4, 0.5) is 17.6 Å². The number of hydrogen-bond donors (Lipinski definition) is 2. The minimum Gasteiger partial charge on any atom is -0.415 e. The van der Waals surface area contributed by atoms with Crippen LogP contribution in [0, 0.1) is 12.8 Å². The highest BCUT2D eigenvalue weighted by atomic mass is 32.2. The van der Waals surface area contributed by atoms with Gasteiger partial charge in [-0.05, 0) is 75.9 Å². The summed E-state index contributed by atoms with van der Waals surface area (Å²) in [6.45, 7) is 17.7. The molecule has 4 aromatic rings. The molecular formula is C30H48N8O3S2Si. The Balaban J connectivity index is 0.00000264. The second-order valence-corrected chi connectivity index (χ2v) is 19.6. The van der Waals surface area contributed by atoms with Crippen LogP contribution in [0.25, 0.3) is 11.0 Å². The summed E-state index contributed by atoms with van der Waals surface area (Å²) in [5, 5.41) is 16.0. The highest BCUT2D eigenvalue weighted by Gasteiger charge is 2.37. The van der Waals surface area contributed by atoms with Crippen molar-refractivity contribution >= 4 is 60.5 Å². The number of anilines is 3. The zero-order valence-corrected chi connectivity index (χ0v) is 29.0. The second-order valence-electron chi connectivity index (χ2n) is 13.0. The summed E-state index contributed by atoms with van der Waals surface area (Å²) in [5.41, 5.74) is 1.26. The summed E-state index contributed by atoms with van der Waals surface area (Å²) >= 11 is 0. The van der Waals surface area contributed by atoms with Gasteiger partial charge in [0.2, 0.25) is 5.95 Å². The number of aryl methyl sites for hydroxylation is 1. The molecule has 11 nitrogen and oxygen atoms in total. The molecule has 1 aliphatic carbocycles. The first-order chi connectivity index (χ1) is 19.7. The Morgan fingerprint density at radius 1 is 1.09 bits per heavy atom. The fraction of sp³-hybridized carbons (Fsp3) is 0.533. The van der Waals surface area contributed by atoms with Gasteiger partial charge >= 0.3 is 0 Å². The molecule has 5 rings (SSSR count). The summed E-state index contributed by atoms with van der Waals surface area (Å²) in [6.07, 6.45) is 5.65. The highest BCUT2D eigenvalue weighted by molar-refractivity contribution is 7.90. The van der Waals surface area contributed by atoms with Crippen molar-refractivity contribution in [1.82, 2.24) is 28.9 Å². The van der Waals surface area contributed by atoms with Crippen molar-refractivity contribution in [2.45, 2.75) is 96.9 Å². The lowest BCUT2D eigenvalue weighted by atomic mass is 10.2. The number of aromatic nitrogens is 6. The van der Waals surface area contributed by atoms with Crippen molar-refractivity contribution in [2.75, 3.05) is 17.2 Å². The molecule has 2 atom stereocenters. The Hall–Kier alpha value is -2.94. The van der Waals surface area contributed by atoms with Crippen LogP contribution in [0.2, 0.25) is 18.1 Å². The Bertz CT molecular complexity index is 1680. The fourth-order valence-corrected chi connectivity index (χ4v) is 6.78. The van der Waals surface area contributed by atoms with E-state index in [1.807, 2.05) is 13.8 Å². The molecular weight excluding hydrogens is 613 g/mol. The molecule has 1 aliphatic rings. The van der Waals surface area contributed by atoms with Gasteiger partial charge in [-0.15, -0.1) is 5.10 Å². The third-order valence-corrected chi connectivity index (χ3v) is 14.7. The number of rotatable bonds is 11. The van der Waals surface area contributed by atoms with Gasteiger partial charge in [0.1, 0.15) is 5.82 Å². The van der Waals surface area contributed by atoms with Crippen molar-refractivity contribution in [3.63, 3.8) is 0 Å². The van der Waals surface area contributed by atoms with E-state index in [1.54, 1.807) is 41.2 Å². The molecule has 0 radical (unpaired) electrons. The van der Waals surface area contributed by atoms with Crippen molar-refractivity contribution in [1.29, 1.82) is 0 Å².